The number of nitro groups is 1. The van der Waals surface area contributed by atoms with E-state index in [1.54, 1.807) is 22.9 Å². The maximum Gasteiger partial charge on any atom is 0.278 e. The van der Waals surface area contributed by atoms with Crippen LogP contribution in [-0.4, -0.2) is 26.8 Å². The molecule has 1 aromatic heterocycles. The first-order valence-corrected chi connectivity index (χ1v) is 6.54. The highest BCUT2D eigenvalue weighted by molar-refractivity contribution is 5.86. The van der Waals surface area contributed by atoms with E-state index in [-0.39, 0.29) is 18.1 Å². The summed E-state index contributed by atoms with van der Waals surface area (Å²) in [5.41, 5.74) is 4.28. The highest BCUT2D eigenvalue weighted by atomic mass is 16.6. The molecule has 2 rings (SSSR count). The Morgan fingerprint density at radius 3 is 2.82 bits per heavy atom. The smallest absolute Gasteiger partial charge is 0.271 e. The molecule has 22 heavy (non-hydrogen) atoms. The number of rotatable bonds is 5. The molecule has 0 saturated carbocycles. The average Bonchev–Trinajstić information content (AvgIpc) is 2.77. The molecule has 0 fully saturated rings. The van der Waals surface area contributed by atoms with E-state index < -0.39 is 4.92 Å². The number of nitro benzene ring substituents is 1. The molecule has 0 unspecified atom stereocenters. The second kappa shape index (κ2) is 6.61. The lowest BCUT2D eigenvalue weighted by molar-refractivity contribution is -0.385. The van der Waals surface area contributed by atoms with Crippen LogP contribution in [0.25, 0.3) is 0 Å². The molecule has 8 heteroatoms. The number of aromatic nitrogens is 2. The Labute approximate surface area is 126 Å². The maximum absolute atomic E-state index is 11.8. The predicted molar refractivity (Wildman–Crippen MR) is 80.5 cm³/mol. The molecule has 114 valence electrons. The zero-order chi connectivity index (χ0) is 16.1. The van der Waals surface area contributed by atoms with Crippen LogP contribution in [0.5, 0.6) is 0 Å². The van der Waals surface area contributed by atoms with Crippen molar-refractivity contribution in [3.63, 3.8) is 0 Å². The lowest BCUT2D eigenvalue weighted by Gasteiger charge is -2.02. The SMILES string of the molecule is Cc1cc(C)n(CC(=O)N/N=C/c2ccccc2[N+](=O)[O-])n1. The normalized spacial score (nSPS) is 10.8. The molecule has 0 aliphatic carbocycles. The summed E-state index contributed by atoms with van der Waals surface area (Å²) in [7, 11) is 0. The van der Waals surface area contributed by atoms with Crippen molar-refractivity contribution in [1.29, 1.82) is 0 Å². The molecule has 1 N–H and O–H groups in total. The first kappa shape index (κ1) is 15.4. The van der Waals surface area contributed by atoms with Gasteiger partial charge in [-0.1, -0.05) is 12.1 Å². The van der Waals surface area contributed by atoms with E-state index in [0.717, 1.165) is 11.4 Å². The largest absolute Gasteiger partial charge is 0.278 e. The fourth-order valence-electron chi connectivity index (χ4n) is 1.94. The minimum absolute atomic E-state index is 0.0356. The third-order valence-electron chi connectivity index (χ3n) is 2.92. The summed E-state index contributed by atoms with van der Waals surface area (Å²) in [6.45, 7) is 3.73. The van der Waals surface area contributed by atoms with Gasteiger partial charge in [-0.15, -0.1) is 0 Å². The zero-order valence-corrected chi connectivity index (χ0v) is 12.2. The van der Waals surface area contributed by atoms with Crippen molar-refractivity contribution in [3.05, 3.63) is 57.4 Å². The van der Waals surface area contributed by atoms with Crippen LogP contribution in [0.3, 0.4) is 0 Å². The van der Waals surface area contributed by atoms with Gasteiger partial charge in [-0.25, -0.2) is 5.43 Å². The number of para-hydroxylation sites is 1. The fourth-order valence-corrected chi connectivity index (χ4v) is 1.94. The molecule has 0 aliphatic heterocycles. The molecule has 0 saturated heterocycles. The molecule has 0 bridgehead atoms. The number of nitrogens with zero attached hydrogens (tertiary/aromatic N) is 4. The average molecular weight is 301 g/mol. The molecule has 0 radical (unpaired) electrons. The summed E-state index contributed by atoms with van der Waals surface area (Å²) in [5, 5.41) is 18.8. The Kier molecular flexibility index (Phi) is 4.62. The van der Waals surface area contributed by atoms with Gasteiger partial charge in [0.25, 0.3) is 11.6 Å². The van der Waals surface area contributed by atoms with Crippen LogP contribution in [0.2, 0.25) is 0 Å². The van der Waals surface area contributed by atoms with Crippen molar-refractivity contribution in [2.75, 3.05) is 0 Å². The third-order valence-corrected chi connectivity index (χ3v) is 2.92. The van der Waals surface area contributed by atoms with Crippen LogP contribution < -0.4 is 5.43 Å². The highest BCUT2D eigenvalue weighted by Gasteiger charge is 2.10. The molecule has 8 nitrogen and oxygen atoms in total. The molecule has 0 spiro atoms. The zero-order valence-electron chi connectivity index (χ0n) is 12.2. The van der Waals surface area contributed by atoms with Crippen LogP contribution >= 0.6 is 0 Å². The second-order valence-electron chi connectivity index (χ2n) is 4.69. The topological polar surface area (TPSA) is 102 Å². The van der Waals surface area contributed by atoms with E-state index in [4.69, 9.17) is 0 Å². The number of amides is 1. The minimum atomic E-state index is -0.501. The van der Waals surface area contributed by atoms with Gasteiger partial charge in [0.1, 0.15) is 6.54 Å². The van der Waals surface area contributed by atoms with Gasteiger partial charge in [0.2, 0.25) is 0 Å². The number of hydrazone groups is 1. The van der Waals surface area contributed by atoms with E-state index in [9.17, 15) is 14.9 Å². The summed E-state index contributed by atoms with van der Waals surface area (Å²) < 4.78 is 1.56. The van der Waals surface area contributed by atoms with E-state index in [0.29, 0.717) is 5.56 Å². The Morgan fingerprint density at radius 2 is 2.18 bits per heavy atom. The number of carbonyl (C=O) groups is 1. The standard InChI is InChI=1S/C14H15N5O3/c1-10-7-11(2)18(17-10)9-14(20)16-15-8-12-5-3-4-6-13(12)19(21)22/h3-8H,9H2,1-2H3,(H,16,20)/b15-8+. The molecule has 1 heterocycles. The van der Waals surface area contributed by atoms with E-state index in [1.807, 2.05) is 19.9 Å². The van der Waals surface area contributed by atoms with E-state index in [1.165, 1.54) is 12.3 Å². The molecule has 1 amide bonds. The van der Waals surface area contributed by atoms with Gasteiger partial charge in [0, 0.05) is 11.8 Å². The van der Waals surface area contributed by atoms with Crippen LogP contribution in [0.4, 0.5) is 5.69 Å². The summed E-state index contributed by atoms with van der Waals surface area (Å²) in [4.78, 5) is 22.1. The first-order chi connectivity index (χ1) is 10.5. The Bertz CT molecular complexity index is 736. The monoisotopic (exact) mass is 301 g/mol. The first-order valence-electron chi connectivity index (χ1n) is 6.54. The highest BCUT2D eigenvalue weighted by Crippen LogP contribution is 2.14. The van der Waals surface area contributed by atoms with Crippen LogP contribution in [0.15, 0.2) is 35.4 Å². The van der Waals surface area contributed by atoms with Crippen LogP contribution in [0, 0.1) is 24.0 Å². The van der Waals surface area contributed by atoms with Crippen molar-refractivity contribution in [3.8, 4) is 0 Å². The number of hydrogen-bond acceptors (Lipinski definition) is 5. The molecule has 0 atom stereocenters. The van der Waals surface area contributed by atoms with Crippen molar-refractivity contribution in [1.82, 2.24) is 15.2 Å². The molecule has 2 aromatic rings. The molecular formula is C14H15N5O3. The number of nitrogens with one attached hydrogen (secondary N) is 1. The van der Waals surface area contributed by atoms with Crippen molar-refractivity contribution in [2.45, 2.75) is 20.4 Å². The quantitative estimate of drug-likeness (QED) is 0.514. The molecular weight excluding hydrogens is 286 g/mol. The summed E-state index contributed by atoms with van der Waals surface area (Å²) in [6, 6.07) is 8.01. The van der Waals surface area contributed by atoms with E-state index >= 15 is 0 Å². The van der Waals surface area contributed by atoms with Crippen molar-refractivity contribution in [2.24, 2.45) is 5.10 Å². The molecule has 1 aromatic carbocycles. The fraction of sp³-hybridized carbons (Fsp3) is 0.214. The van der Waals surface area contributed by atoms with Gasteiger partial charge in [0.05, 0.1) is 22.4 Å². The van der Waals surface area contributed by atoms with Gasteiger partial charge < -0.3 is 0 Å². The summed E-state index contributed by atoms with van der Waals surface area (Å²) in [5.74, 6) is -0.360. The Hall–Kier alpha value is -3.03. The van der Waals surface area contributed by atoms with Crippen molar-refractivity contribution >= 4 is 17.8 Å². The number of aryl methyl sites for hydroxylation is 2. The minimum Gasteiger partial charge on any atom is -0.271 e. The third kappa shape index (κ3) is 3.75. The lowest BCUT2D eigenvalue weighted by Crippen LogP contribution is -2.24. The van der Waals surface area contributed by atoms with E-state index in [2.05, 4.69) is 15.6 Å². The summed E-state index contributed by atoms with van der Waals surface area (Å²) >= 11 is 0. The number of benzene rings is 1. The second-order valence-corrected chi connectivity index (χ2v) is 4.69. The van der Waals surface area contributed by atoms with Gasteiger partial charge in [-0.05, 0) is 26.0 Å². The van der Waals surface area contributed by atoms with Gasteiger partial charge in [0.15, 0.2) is 0 Å². The number of hydrogen-bond donors (Lipinski definition) is 1. The van der Waals surface area contributed by atoms with Gasteiger partial charge in [-0.2, -0.15) is 10.2 Å². The Balaban J connectivity index is 1.99. The van der Waals surface area contributed by atoms with Gasteiger partial charge in [-0.3, -0.25) is 19.6 Å². The van der Waals surface area contributed by atoms with Crippen LogP contribution in [0.1, 0.15) is 17.0 Å². The van der Waals surface area contributed by atoms with Gasteiger partial charge >= 0.3 is 0 Å². The number of carbonyl (C=O) groups excluding carboxylic acids is 1. The summed E-state index contributed by atoms with van der Waals surface area (Å²) in [6.07, 6.45) is 1.25. The molecule has 0 aliphatic rings. The van der Waals surface area contributed by atoms with Crippen LogP contribution in [-0.2, 0) is 11.3 Å². The predicted octanol–water partition coefficient (Wildman–Crippen LogP) is 1.56. The van der Waals surface area contributed by atoms with Crippen molar-refractivity contribution < 1.29 is 9.72 Å². The maximum atomic E-state index is 11.8. The lowest BCUT2D eigenvalue weighted by atomic mass is 10.2. The Morgan fingerprint density at radius 1 is 1.45 bits per heavy atom.